The van der Waals surface area contributed by atoms with Crippen molar-refractivity contribution in [3.05, 3.63) is 70.8 Å². The summed E-state index contributed by atoms with van der Waals surface area (Å²) >= 11 is 0. The molecule has 4 heteroatoms. The van der Waals surface area contributed by atoms with Crippen LogP contribution in [0.4, 0.5) is 4.79 Å². The normalized spacial score (nSPS) is 25.0. The predicted octanol–water partition coefficient (Wildman–Crippen LogP) is 4.94. The molecule has 150 valence electrons. The molecule has 2 unspecified atom stereocenters. The summed E-state index contributed by atoms with van der Waals surface area (Å²) in [5, 5.41) is 0. The molecule has 0 N–H and O–H groups in total. The minimum absolute atomic E-state index is 0.0154. The Morgan fingerprint density at radius 1 is 0.931 bits per heavy atom. The summed E-state index contributed by atoms with van der Waals surface area (Å²) in [5.41, 5.74) is 4.57. The molecule has 3 aliphatic rings. The first-order valence-corrected chi connectivity index (χ1v) is 10.8. The first kappa shape index (κ1) is 18.4. The number of hydrogen-bond donors (Lipinski definition) is 0. The zero-order chi connectivity index (χ0) is 19.8. The summed E-state index contributed by atoms with van der Waals surface area (Å²) in [6.07, 6.45) is 6.56. The zero-order valence-electron chi connectivity index (χ0n) is 16.7. The second-order valence-electron chi connectivity index (χ2n) is 8.70. The van der Waals surface area contributed by atoms with E-state index >= 15 is 0 Å². The Kier molecular flexibility index (Phi) is 4.86. The Morgan fingerprint density at radius 2 is 1.66 bits per heavy atom. The van der Waals surface area contributed by atoms with Crippen LogP contribution in [0.2, 0.25) is 0 Å². The summed E-state index contributed by atoms with van der Waals surface area (Å²) in [7, 11) is 0. The van der Waals surface area contributed by atoms with Gasteiger partial charge in [0.2, 0.25) is 0 Å². The van der Waals surface area contributed by atoms with Gasteiger partial charge >= 0.3 is 6.09 Å². The maximum Gasteiger partial charge on any atom is 0.410 e. The average Bonchev–Trinajstić information content (AvgIpc) is 2.72. The number of benzene rings is 2. The largest absolute Gasteiger partial charge is 0.445 e. The highest BCUT2D eigenvalue weighted by Gasteiger charge is 2.43. The summed E-state index contributed by atoms with van der Waals surface area (Å²) in [6.45, 7) is 0.299. The van der Waals surface area contributed by atoms with E-state index in [1.54, 1.807) is 0 Å². The molecule has 2 saturated heterocycles. The number of fused-ring (bicyclic) bond motifs is 3. The van der Waals surface area contributed by atoms with Crippen LogP contribution >= 0.6 is 0 Å². The molecular weight excluding hydrogens is 362 g/mol. The van der Waals surface area contributed by atoms with Crippen molar-refractivity contribution in [2.45, 2.75) is 63.6 Å². The maximum absolute atomic E-state index is 13.2. The number of nitrogens with zero attached hydrogens (tertiary/aromatic N) is 1. The van der Waals surface area contributed by atoms with Gasteiger partial charge in [-0.05, 0) is 67.7 Å². The Morgan fingerprint density at radius 3 is 2.31 bits per heavy atom. The molecule has 2 bridgehead atoms. The number of ether oxygens (including phenoxy) is 1. The number of hydrogen-bond acceptors (Lipinski definition) is 3. The molecule has 0 aromatic heterocycles. The SMILES string of the molecule is O=C(c1ccc2c(c1)CC2)C1CC2CCCC(C1)N2C(=O)OCc1ccccc1. The molecule has 0 spiro atoms. The van der Waals surface area contributed by atoms with Crippen LogP contribution in [0.1, 0.15) is 59.2 Å². The smallest absolute Gasteiger partial charge is 0.410 e. The fraction of sp³-hybridized carbons (Fsp3) is 0.440. The molecule has 1 aliphatic carbocycles. The highest BCUT2D eigenvalue weighted by Crippen LogP contribution is 2.39. The molecule has 1 amide bonds. The van der Waals surface area contributed by atoms with Crippen molar-refractivity contribution < 1.29 is 14.3 Å². The van der Waals surface area contributed by atoms with Gasteiger partial charge in [0.05, 0.1) is 0 Å². The number of amides is 1. The lowest BCUT2D eigenvalue weighted by molar-refractivity contribution is 0.00472. The topological polar surface area (TPSA) is 46.6 Å². The van der Waals surface area contributed by atoms with Crippen molar-refractivity contribution in [1.29, 1.82) is 0 Å². The third kappa shape index (κ3) is 3.57. The number of rotatable bonds is 4. The van der Waals surface area contributed by atoms with E-state index in [-0.39, 0.29) is 29.9 Å². The minimum atomic E-state index is -0.226. The van der Waals surface area contributed by atoms with Crippen LogP contribution in [-0.4, -0.2) is 28.9 Å². The van der Waals surface area contributed by atoms with Crippen molar-refractivity contribution >= 4 is 11.9 Å². The van der Waals surface area contributed by atoms with E-state index in [1.165, 1.54) is 11.1 Å². The van der Waals surface area contributed by atoms with Crippen LogP contribution in [0.25, 0.3) is 0 Å². The lowest BCUT2D eigenvalue weighted by Crippen LogP contribution is -2.55. The molecule has 0 radical (unpaired) electrons. The van der Waals surface area contributed by atoms with Gasteiger partial charge in [-0.25, -0.2) is 4.79 Å². The maximum atomic E-state index is 13.2. The Labute approximate surface area is 171 Å². The number of ketones is 1. The number of Topliss-reactive ketones (excluding diaryl/α,β-unsaturated/α-hetero) is 1. The van der Waals surface area contributed by atoms with E-state index in [4.69, 9.17) is 4.74 Å². The van der Waals surface area contributed by atoms with Crippen molar-refractivity contribution in [1.82, 2.24) is 4.90 Å². The predicted molar refractivity (Wildman–Crippen MR) is 111 cm³/mol. The van der Waals surface area contributed by atoms with E-state index in [2.05, 4.69) is 12.1 Å². The monoisotopic (exact) mass is 389 g/mol. The molecule has 2 aromatic rings. The van der Waals surface area contributed by atoms with Gasteiger partial charge in [-0.2, -0.15) is 0 Å². The molecule has 2 aromatic carbocycles. The van der Waals surface area contributed by atoms with Crippen molar-refractivity contribution in [2.75, 3.05) is 0 Å². The first-order valence-electron chi connectivity index (χ1n) is 10.8. The van der Waals surface area contributed by atoms with Crippen molar-refractivity contribution in [2.24, 2.45) is 5.92 Å². The molecule has 2 aliphatic heterocycles. The Balaban J connectivity index is 1.26. The van der Waals surface area contributed by atoms with E-state index in [9.17, 15) is 9.59 Å². The van der Waals surface area contributed by atoms with E-state index in [1.807, 2.05) is 41.3 Å². The molecule has 2 heterocycles. The first-order chi connectivity index (χ1) is 14.2. The number of piperidine rings is 2. The van der Waals surface area contributed by atoms with Crippen LogP contribution in [0.15, 0.2) is 48.5 Å². The lowest BCUT2D eigenvalue weighted by atomic mass is 9.75. The number of aryl methyl sites for hydroxylation is 2. The standard InChI is InChI=1S/C25H27NO3/c27-24(20-12-10-18-9-11-19(18)13-20)21-14-22-7-4-8-23(15-21)26(22)25(28)29-16-17-5-2-1-3-6-17/h1-3,5-6,10,12-13,21-23H,4,7-9,11,14-16H2. The van der Waals surface area contributed by atoms with Gasteiger partial charge in [0.1, 0.15) is 6.61 Å². The molecule has 4 nitrogen and oxygen atoms in total. The third-order valence-corrected chi connectivity index (χ3v) is 6.92. The van der Waals surface area contributed by atoms with Gasteiger partial charge in [-0.3, -0.25) is 4.79 Å². The molecular formula is C25H27NO3. The summed E-state index contributed by atoms with van der Waals surface area (Å²) in [5.74, 6) is 0.274. The van der Waals surface area contributed by atoms with E-state index < -0.39 is 0 Å². The van der Waals surface area contributed by atoms with Gasteiger partial charge < -0.3 is 9.64 Å². The van der Waals surface area contributed by atoms with Crippen molar-refractivity contribution in [3.8, 4) is 0 Å². The Hall–Kier alpha value is -2.62. The van der Waals surface area contributed by atoms with Crippen LogP contribution in [-0.2, 0) is 24.2 Å². The molecule has 2 atom stereocenters. The van der Waals surface area contributed by atoms with Gasteiger partial charge in [0.25, 0.3) is 0 Å². The van der Waals surface area contributed by atoms with Crippen LogP contribution < -0.4 is 0 Å². The quantitative estimate of drug-likeness (QED) is 0.696. The second kappa shape index (κ2) is 7.66. The fourth-order valence-electron chi connectivity index (χ4n) is 5.27. The third-order valence-electron chi connectivity index (χ3n) is 6.92. The molecule has 2 fully saturated rings. The van der Waals surface area contributed by atoms with Crippen LogP contribution in [0, 0.1) is 5.92 Å². The van der Waals surface area contributed by atoms with E-state index in [0.717, 1.165) is 56.1 Å². The number of carbonyl (C=O) groups is 2. The number of carbonyl (C=O) groups excluding carboxylic acids is 2. The molecule has 29 heavy (non-hydrogen) atoms. The van der Waals surface area contributed by atoms with Gasteiger partial charge in [-0.1, -0.05) is 42.5 Å². The average molecular weight is 389 g/mol. The van der Waals surface area contributed by atoms with Crippen molar-refractivity contribution in [3.63, 3.8) is 0 Å². The highest BCUT2D eigenvalue weighted by atomic mass is 16.6. The van der Waals surface area contributed by atoms with E-state index in [0.29, 0.717) is 6.61 Å². The minimum Gasteiger partial charge on any atom is -0.445 e. The van der Waals surface area contributed by atoms with Gasteiger partial charge in [0, 0.05) is 23.6 Å². The summed E-state index contributed by atoms with van der Waals surface area (Å²) in [4.78, 5) is 27.9. The van der Waals surface area contributed by atoms with Gasteiger partial charge in [0.15, 0.2) is 5.78 Å². The molecule has 5 rings (SSSR count). The highest BCUT2D eigenvalue weighted by molar-refractivity contribution is 5.98. The molecule has 0 saturated carbocycles. The Bertz CT molecular complexity index is 909. The second-order valence-corrected chi connectivity index (χ2v) is 8.70. The summed E-state index contributed by atoms with van der Waals surface area (Å²) in [6, 6.07) is 16.2. The van der Waals surface area contributed by atoms with Gasteiger partial charge in [-0.15, -0.1) is 0 Å². The van der Waals surface area contributed by atoms with Crippen LogP contribution in [0.5, 0.6) is 0 Å². The lowest BCUT2D eigenvalue weighted by Gasteiger charge is -2.47. The van der Waals surface area contributed by atoms with Crippen LogP contribution in [0.3, 0.4) is 0 Å². The fourth-order valence-corrected chi connectivity index (χ4v) is 5.27. The summed E-state index contributed by atoms with van der Waals surface area (Å²) < 4.78 is 5.62. The zero-order valence-corrected chi connectivity index (χ0v) is 16.7.